The van der Waals surface area contributed by atoms with Crippen molar-refractivity contribution >= 4 is 34.8 Å². The van der Waals surface area contributed by atoms with Crippen molar-refractivity contribution < 1.29 is 24.5 Å². The maximum atomic E-state index is 13.5. The molecule has 1 saturated carbocycles. The summed E-state index contributed by atoms with van der Waals surface area (Å²) < 4.78 is 5.23. The molecule has 1 aromatic carbocycles. The summed E-state index contributed by atoms with van der Waals surface area (Å²) in [5.74, 6) is -0.522. The van der Waals surface area contributed by atoms with Crippen LogP contribution in [-0.4, -0.2) is 76.5 Å². The Morgan fingerprint density at radius 2 is 1.84 bits per heavy atom. The SMILES string of the molecule is COc1ccc(N2C(=S)NC3C(O)C(O)CC(C(=O)N4CCC(C(N)=O)CC4)C32)cc1. The van der Waals surface area contributed by atoms with E-state index in [0.717, 1.165) is 5.69 Å². The molecule has 1 aliphatic carbocycles. The van der Waals surface area contributed by atoms with E-state index in [0.29, 0.717) is 36.8 Å². The second-order valence-corrected chi connectivity index (χ2v) is 8.82. The van der Waals surface area contributed by atoms with Crippen LogP contribution in [0, 0.1) is 11.8 Å². The predicted molar refractivity (Wildman–Crippen MR) is 117 cm³/mol. The molecule has 1 aromatic rings. The molecule has 10 heteroatoms. The highest BCUT2D eigenvalue weighted by atomic mass is 32.1. The molecule has 4 rings (SSSR count). The highest BCUT2D eigenvalue weighted by Gasteiger charge is 2.54. The monoisotopic (exact) mass is 448 g/mol. The van der Waals surface area contributed by atoms with Crippen LogP contribution < -0.4 is 20.7 Å². The lowest BCUT2D eigenvalue weighted by Crippen LogP contribution is -2.61. The number of likely N-dealkylation sites (tertiary alicyclic amines) is 1. The average molecular weight is 449 g/mol. The van der Waals surface area contributed by atoms with E-state index in [1.807, 2.05) is 29.2 Å². The lowest BCUT2D eigenvalue weighted by atomic mass is 9.76. The van der Waals surface area contributed by atoms with Crippen LogP contribution in [0.4, 0.5) is 5.69 Å². The molecule has 0 bridgehead atoms. The molecule has 2 saturated heterocycles. The van der Waals surface area contributed by atoms with Crippen molar-refractivity contribution in [1.29, 1.82) is 0 Å². The Hall–Kier alpha value is -2.43. The van der Waals surface area contributed by atoms with Crippen molar-refractivity contribution in [3.8, 4) is 5.75 Å². The number of thiocarbonyl (C=S) groups is 1. The minimum absolute atomic E-state index is 0.103. The molecule has 3 fully saturated rings. The van der Waals surface area contributed by atoms with E-state index < -0.39 is 30.2 Å². The third kappa shape index (κ3) is 3.95. The third-order valence-corrected chi connectivity index (χ3v) is 7.04. The molecule has 5 atom stereocenters. The number of nitrogens with zero attached hydrogens (tertiary/aromatic N) is 2. The van der Waals surface area contributed by atoms with E-state index >= 15 is 0 Å². The number of nitrogens with two attached hydrogens (primary N) is 1. The first-order valence-electron chi connectivity index (χ1n) is 10.5. The standard InChI is InChI=1S/C21H28N4O5S/c1-30-13-4-2-12(3-5-13)25-17-14(10-15(26)18(27)16(17)23-21(25)31)20(29)24-8-6-11(7-9-24)19(22)28/h2-5,11,14-18,26-27H,6-10H2,1H3,(H2,22,28)(H,23,31). The smallest absolute Gasteiger partial charge is 0.227 e. The van der Waals surface area contributed by atoms with Crippen molar-refractivity contribution in [3.63, 3.8) is 0 Å². The van der Waals surface area contributed by atoms with Gasteiger partial charge < -0.3 is 35.8 Å². The van der Waals surface area contributed by atoms with Crippen molar-refractivity contribution in [2.75, 3.05) is 25.1 Å². The van der Waals surface area contributed by atoms with Gasteiger partial charge in [-0.1, -0.05) is 0 Å². The largest absolute Gasteiger partial charge is 0.497 e. The predicted octanol–water partition coefficient (Wildman–Crippen LogP) is -0.407. The van der Waals surface area contributed by atoms with Gasteiger partial charge in [0.1, 0.15) is 11.9 Å². The molecule has 2 aliphatic heterocycles. The number of primary amides is 1. The van der Waals surface area contributed by atoms with Gasteiger partial charge in [0, 0.05) is 24.7 Å². The van der Waals surface area contributed by atoms with E-state index in [4.69, 9.17) is 22.7 Å². The van der Waals surface area contributed by atoms with Gasteiger partial charge in [-0.2, -0.15) is 0 Å². The summed E-state index contributed by atoms with van der Waals surface area (Å²) in [5, 5.41) is 24.6. The number of hydrogen-bond donors (Lipinski definition) is 4. The normalized spacial score (nSPS) is 31.2. The molecule has 0 radical (unpaired) electrons. The number of piperidine rings is 1. The summed E-state index contributed by atoms with van der Waals surface area (Å²) in [6.45, 7) is 0.888. The maximum absolute atomic E-state index is 13.5. The van der Waals surface area contributed by atoms with E-state index in [1.54, 1.807) is 12.0 Å². The molecule has 0 aromatic heterocycles. The van der Waals surface area contributed by atoms with Gasteiger partial charge >= 0.3 is 0 Å². The highest BCUT2D eigenvalue weighted by molar-refractivity contribution is 7.80. The number of benzene rings is 1. The first-order valence-corrected chi connectivity index (χ1v) is 10.9. The Morgan fingerprint density at radius 3 is 2.42 bits per heavy atom. The lowest BCUT2D eigenvalue weighted by Gasteiger charge is -2.44. The second kappa shape index (κ2) is 8.60. The fourth-order valence-corrected chi connectivity index (χ4v) is 5.35. The quantitative estimate of drug-likeness (QED) is 0.458. The Kier molecular flexibility index (Phi) is 6.05. The van der Waals surface area contributed by atoms with Gasteiger partial charge in [-0.05, 0) is 55.7 Å². The van der Waals surface area contributed by atoms with Crippen molar-refractivity contribution in [2.24, 2.45) is 17.6 Å². The van der Waals surface area contributed by atoms with Gasteiger partial charge in [-0.25, -0.2) is 0 Å². The zero-order chi connectivity index (χ0) is 22.3. The summed E-state index contributed by atoms with van der Waals surface area (Å²) in [6.07, 6.45) is -0.883. The second-order valence-electron chi connectivity index (χ2n) is 8.44. The van der Waals surface area contributed by atoms with E-state index in [1.165, 1.54) is 0 Å². The lowest BCUT2D eigenvalue weighted by molar-refractivity contribution is -0.144. The number of carbonyl (C=O) groups is 2. The fraction of sp³-hybridized carbons (Fsp3) is 0.571. The number of ether oxygens (including phenoxy) is 1. The number of nitrogens with one attached hydrogen (secondary N) is 1. The van der Waals surface area contributed by atoms with Crippen LogP contribution in [0.1, 0.15) is 19.3 Å². The molecule has 0 spiro atoms. The van der Waals surface area contributed by atoms with Gasteiger partial charge in [-0.3, -0.25) is 9.59 Å². The van der Waals surface area contributed by atoms with E-state index in [-0.39, 0.29) is 24.2 Å². The molecule has 2 amide bonds. The molecule has 168 valence electrons. The van der Waals surface area contributed by atoms with Gasteiger partial charge in [-0.15, -0.1) is 0 Å². The van der Waals surface area contributed by atoms with E-state index in [9.17, 15) is 19.8 Å². The zero-order valence-corrected chi connectivity index (χ0v) is 18.1. The van der Waals surface area contributed by atoms with Crippen LogP contribution in [0.3, 0.4) is 0 Å². The number of anilines is 1. The van der Waals surface area contributed by atoms with Crippen molar-refractivity contribution in [2.45, 2.75) is 43.6 Å². The van der Waals surface area contributed by atoms with Gasteiger partial charge in [0.25, 0.3) is 0 Å². The Labute approximate surface area is 186 Å². The van der Waals surface area contributed by atoms with E-state index in [2.05, 4.69) is 5.32 Å². The minimum atomic E-state index is -1.05. The van der Waals surface area contributed by atoms with Crippen LogP contribution in [0.15, 0.2) is 24.3 Å². The number of carbonyl (C=O) groups excluding carboxylic acids is 2. The van der Waals surface area contributed by atoms with Crippen molar-refractivity contribution in [3.05, 3.63) is 24.3 Å². The minimum Gasteiger partial charge on any atom is -0.497 e. The molecule has 31 heavy (non-hydrogen) atoms. The first-order chi connectivity index (χ1) is 14.8. The van der Waals surface area contributed by atoms with Crippen LogP contribution in [0.5, 0.6) is 5.75 Å². The highest BCUT2D eigenvalue weighted by Crippen LogP contribution is 2.38. The summed E-state index contributed by atoms with van der Waals surface area (Å²) in [6, 6.07) is 6.31. The number of aliphatic hydroxyl groups excluding tert-OH is 2. The number of rotatable bonds is 4. The van der Waals surface area contributed by atoms with Crippen molar-refractivity contribution in [1.82, 2.24) is 10.2 Å². The van der Waals surface area contributed by atoms with Crippen LogP contribution >= 0.6 is 12.2 Å². The number of fused-ring (bicyclic) bond motifs is 1. The van der Waals surface area contributed by atoms with Crippen LogP contribution in [0.25, 0.3) is 0 Å². The molecule has 5 N–H and O–H groups in total. The average Bonchev–Trinajstić information content (AvgIpc) is 3.13. The maximum Gasteiger partial charge on any atom is 0.227 e. The first kappa shape index (κ1) is 21.8. The number of methoxy groups -OCH3 is 1. The summed E-state index contributed by atoms with van der Waals surface area (Å²) in [7, 11) is 1.59. The number of aliphatic hydroxyl groups is 2. The molecule has 5 unspecified atom stereocenters. The summed E-state index contributed by atoms with van der Waals surface area (Å²) >= 11 is 5.54. The Morgan fingerprint density at radius 1 is 1.19 bits per heavy atom. The fourth-order valence-electron chi connectivity index (χ4n) is 4.99. The molecule has 2 heterocycles. The van der Waals surface area contributed by atoms with Gasteiger partial charge in [0.2, 0.25) is 11.8 Å². The summed E-state index contributed by atoms with van der Waals surface area (Å²) in [5.41, 5.74) is 6.19. The Balaban J connectivity index is 1.61. The molecular weight excluding hydrogens is 420 g/mol. The van der Waals surface area contributed by atoms with Gasteiger partial charge in [0.15, 0.2) is 5.11 Å². The van der Waals surface area contributed by atoms with Crippen LogP contribution in [-0.2, 0) is 9.59 Å². The molecular formula is C21H28N4O5S. The Bertz CT molecular complexity index is 858. The molecule has 3 aliphatic rings. The molecule has 9 nitrogen and oxygen atoms in total. The third-order valence-electron chi connectivity index (χ3n) is 6.72. The van der Waals surface area contributed by atoms with Gasteiger partial charge in [0.05, 0.1) is 31.2 Å². The van der Waals surface area contributed by atoms with Crippen LogP contribution in [0.2, 0.25) is 0 Å². The summed E-state index contributed by atoms with van der Waals surface area (Å²) in [4.78, 5) is 28.6. The number of hydrogen-bond acceptors (Lipinski definition) is 6. The number of amides is 2. The zero-order valence-electron chi connectivity index (χ0n) is 17.3. The topological polar surface area (TPSA) is 128 Å².